The van der Waals surface area contributed by atoms with E-state index < -0.39 is 11.9 Å². The molecule has 0 bridgehead atoms. The number of carbonyl (C=O) groups excluding carboxylic acids is 2. The van der Waals surface area contributed by atoms with Crippen LogP contribution in [0.1, 0.15) is 20.8 Å². The lowest BCUT2D eigenvalue weighted by molar-refractivity contribution is -0.123. The van der Waals surface area contributed by atoms with Crippen LogP contribution in [-0.2, 0) is 4.79 Å². The van der Waals surface area contributed by atoms with E-state index in [0.717, 1.165) is 15.6 Å². The maximum Gasteiger partial charge on any atom is 0.355 e. The van der Waals surface area contributed by atoms with Crippen molar-refractivity contribution in [2.24, 2.45) is 5.10 Å². The molecule has 33 heavy (non-hydrogen) atoms. The molecule has 1 amide bonds. The van der Waals surface area contributed by atoms with Crippen LogP contribution in [0.25, 0.3) is 10.1 Å². The summed E-state index contributed by atoms with van der Waals surface area (Å²) < 4.78 is 11.8. The molecule has 0 atom stereocenters. The van der Waals surface area contributed by atoms with E-state index in [1.165, 1.54) is 17.6 Å². The van der Waals surface area contributed by atoms with E-state index in [9.17, 15) is 9.59 Å². The van der Waals surface area contributed by atoms with Gasteiger partial charge in [0, 0.05) is 10.1 Å². The number of rotatable bonds is 7. The van der Waals surface area contributed by atoms with E-state index in [2.05, 4.69) is 10.5 Å². The topological polar surface area (TPSA) is 77.0 Å². The molecule has 0 radical (unpaired) electrons. The number of esters is 1. The fraction of sp³-hybridized carbons (Fsp3) is 0.0800. The van der Waals surface area contributed by atoms with Crippen molar-refractivity contribution in [1.29, 1.82) is 0 Å². The van der Waals surface area contributed by atoms with Crippen molar-refractivity contribution in [3.8, 4) is 11.5 Å². The van der Waals surface area contributed by atoms with E-state index >= 15 is 0 Å². The first-order valence-corrected chi connectivity index (χ1v) is 11.2. The highest BCUT2D eigenvalue weighted by Crippen LogP contribution is 2.35. The van der Waals surface area contributed by atoms with E-state index in [-0.39, 0.29) is 6.61 Å². The highest BCUT2D eigenvalue weighted by Gasteiger charge is 2.19. The van der Waals surface area contributed by atoms with Gasteiger partial charge in [0.05, 0.1) is 11.2 Å². The number of nitrogens with zero attached hydrogens (tertiary/aromatic N) is 1. The number of thiophene rings is 1. The van der Waals surface area contributed by atoms with Gasteiger partial charge in [-0.1, -0.05) is 59.6 Å². The van der Waals surface area contributed by atoms with Gasteiger partial charge in [-0.3, -0.25) is 4.79 Å². The van der Waals surface area contributed by atoms with Crippen molar-refractivity contribution < 1.29 is 19.1 Å². The van der Waals surface area contributed by atoms with Gasteiger partial charge in [-0.15, -0.1) is 11.3 Å². The Morgan fingerprint density at radius 1 is 1.03 bits per heavy atom. The number of benzene rings is 3. The normalized spacial score (nSPS) is 11.0. The largest absolute Gasteiger partial charge is 0.484 e. The predicted molar refractivity (Wildman–Crippen MR) is 131 cm³/mol. The number of ether oxygens (including phenoxy) is 2. The van der Waals surface area contributed by atoms with Crippen LogP contribution in [-0.4, -0.2) is 24.7 Å². The lowest BCUT2D eigenvalue weighted by atomic mass is 10.2. The van der Waals surface area contributed by atoms with E-state index in [1.807, 2.05) is 43.3 Å². The van der Waals surface area contributed by atoms with Crippen molar-refractivity contribution in [3.05, 3.63) is 93.8 Å². The van der Waals surface area contributed by atoms with Crippen LogP contribution in [0.5, 0.6) is 11.5 Å². The van der Waals surface area contributed by atoms with Crippen molar-refractivity contribution in [2.45, 2.75) is 6.92 Å². The molecule has 6 nitrogen and oxygen atoms in total. The Balaban J connectivity index is 1.33. The third-order valence-corrected chi connectivity index (χ3v) is 6.24. The molecule has 0 aliphatic heterocycles. The summed E-state index contributed by atoms with van der Waals surface area (Å²) in [6, 6.07) is 21.7. The average Bonchev–Trinajstić information content (AvgIpc) is 3.16. The van der Waals surface area contributed by atoms with Crippen molar-refractivity contribution in [2.75, 3.05) is 6.61 Å². The number of nitrogens with one attached hydrogen (secondary N) is 1. The van der Waals surface area contributed by atoms with Gasteiger partial charge < -0.3 is 9.47 Å². The molecule has 166 valence electrons. The van der Waals surface area contributed by atoms with Gasteiger partial charge in [0.1, 0.15) is 16.4 Å². The molecular formula is C25H19ClN2O4S. The molecular weight excluding hydrogens is 460 g/mol. The molecule has 1 N–H and O–H groups in total. The molecule has 4 aromatic rings. The maximum atomic E-state index is 12.6. The van der Waals surface area contributed by atoms with Gasteiger partial charge in [-0.05, 0) is 42.8 Å². The summed E-state index contributed by atoms with van der Waals surface area (Å²) in [7, 11) is 0. The fourth-order valence-electron chi connectivity index (χ4n) is 2.95. The SMILES string of the molecule is Cc1ccc(OCC(=O)N/N=C/c2cccc(OC(=O)c3sc4ccccc4c3Cl)c2)cc1. The predicted octanol–water partition coefficient (Wildman–Crippen LogP) is 5.61. The molecule has 0 spiro atoms. The summed E-state index contributed by atoms with van der Waals surface area (Å²) >= 11 is 7.64. The number of halogens is 1. The Hall–Kier alpha value is -3.68. The van der Waals surface area contributed by atoms with Gasteiger partial charge in [0.15, 0.2) is 6.61 Å². The van der Waals surface area contributed by atoms with Crippen molar-refractivity contribution >= 4 is 51.1 Å². The second kappa shape index (κ2) is 10.3. The van der Waals surface area contributed by atoms with Gasteiger partial charge in [0.25, 0.3) is 5.91 Å². The zero-order chi connectivity index (χ0) is 23.2. The summed E-state index contributed by atoms with van der Waals surface area (Å²) in [4.78, 5) is 24.9. The number of hydrazone groups is 1. The minimum Gasteiger partial charge on any atom is -0.484 e. The van der Waals surface area contributed by atoms with Gasteiger partial charge in [0.2, 0.25) is 0 Å². The van der Waals surface area contributed by atoms with E-state index in [0.29, 0.717) is 27.0 Å². The van der Waals surface area contributed by atoms with Crippen molar-refractivity contribution in [3.63, 3.8) is 0 Å². The number of hydrogen-bond acceptors (Lipinski definition) is 6. The first kappa shape index (κ1) is 22.5. The fourth-order valence-corrected chi connectivity index (χ4v) is 4.34. The van der Waals surface area contributed by atoms with Crippen LogP contribution in [0.3, 0.4) is 0 Å². The highest BCUT2D eigenvalue weighted by atomic mass is 35.5. The minimum absolute atomic E-state index is 0.159. The van der Waals surface area contributed by atoms with E-state index in [1.54, 1.807) is 36.4 Å². The molecule has 0 saturated heterocycles. The number of aryl methyl sites for hydroxylation is 1. The van der Waals surface area contributed by atoms with Crippen LogP contribution in [0, 0.1) is 6.92 Å². The summed E-state index contributed by atoms with van der Waals surface area (Å²) in [6.45, 7) is 1.81. The lowest BCUT2D eigenvalue weighted by Gasteiger charge is -2.05. The van der Waals surface area contributed by atoms with Crippen LogP contribution in [0.2, 0.25) is 5.02 Å². The third-order valence-electron chi connectivity index (χ3n) is 4.58. The van der Waals surface area contributed by atoms with Gasteiger partial charge >= 0.3 is 5.97 Å². The minimum atomic E-state index is -0.531. The Bertz CT molecular complexity index is 1330. The Morgan fingerprint density at radius 3 is 2.61 bits per heavy atom. The summed E-state index contributed by atoms with van der Waals surface area (Å²) in [5, 5.41) is 5.13. The third kappa shape index (κ3) is 5.77. The molecule has 3 aromatic carbocycles. The Morgan fingerprint density at radius 2 is 1.82 bits per heavy atom. The quantitative estimate of drug-likeness (QED) is 0.162. The zero-order valence-electron chi connectivity index (χ0n) is 17.6. The number of amides is 1. The molecule has 8 heteroatoms. The molecule has 0 unspecified atom stereocenters. The number of hydrogen-bond donors (Lipinski definition) is 1. The number of fused-ring (bicyclic) bond motifs is 1. The Labute approximate surface area is 199 Å². The molecule has 1 aromatic heterocycles. The van der Waals surface area contributed by atoms with Crippen LogP contribution < -0.4 is 14.9 Å². The first-order valence-electron chi connectivity index (χ1n) is 10.0. The molecule has 0 aliphatic rings. The smallest absolute Gasteiger partial charge is 0.355 e. The maximum absolute atomic E-state index is 12.6. The molecule has 4 rings (SSSR count). The Kier molecular flexibility index (Phi) is 7.02. The van der Waals surface area contributed by atoms with Crippen LogP contribution >= 0.6 is 22.9 Å². The van der Waals surface area contributed by atoms with Crippen molar-refractivity contribution in [1.82, 2.24) is 5.43 Å². The summed E-state index contributed by atoms with van der Waals surface area (Å²) in [6.07, 6.45) is 1.45. The summed E-state index contributed by atoms with van der Waals surface area (Å²) in [5.41, 5.74) is 4.15. The molecule has 1 heterocycles. The van der Waals surface area contributed by atoms with Crippen LogP contribution in [0.4, 0.5) is 0 Å². The second-order valence-electron chi connectivity index (χ2n) is 7.10. The molecule has 0 saturated carbocycles. The van der Waals surface area contributed by atoms with Gasteiger partial charge in [-0.2, -0.15) is 5.10 Å². The first-order chi connectivity index (χ1) is 16.0. The summed E-state index contributed by atoms with van der Waals surface area (Å²) in [5.74, 6) is 0.0187. The van der Waals surface area contributed by atoms with Crippen LogP contribution in [0.15, 0.2) is 77.9 Å². The number of carbonyl (C=O) groups is 2. The molecule has 0 fully saturated rings. The zero-order valence-corrected chi connectivity index (χ0v) is 19.2. The van der Waals surface area contributed by atoms with E-state index in [4.69, 9.17) is 21.1 Å². The molecule has 0 aliphatic carbocycles. The second-order valence-corrected chi connectivity index (χ2v) is 8.53. The monoisotopic (exact) mass is 478 g/mol. The average molecular weight is 479 g/mol. The standard InChI is InChI=1S/C25H19ClN2O4S/c1-16-9-11-18(12-10-16)31-15-22(29)28-27-14-17-5-4-6-19(13-17)32-25(30)24-23(26)20-7-2-3-8-21(20)33-24/h2-14H,15H2,1H3,(H,28,29)/b27-14+. The van der Waals surface area contributed by atoms with Gasteiger partial charge in [-0.25, -0.2) is 10.2 Å². The highest BCUT2D eigenvalue weighted by molar-refractivity contribution is 7.21. The lowest BCUT2D eigenvalue weighted by Crippen LogP contribution is -2.24.